The molecule has 0 atom stereocenters. The van der Waals surface area contributed by atoms with E-state index in [4.69, 9.17) is 5.26 Å². The monoisotopic (exact) mass is 300 g/mol. The molecule has 112 valence electrons. The standard InChI is InChI=1S/C13H11F3N2O3/c1-7-10(18-11(20)6-21-8(2)19)4-3-9(5-17)12(7)13(14,15)16/h3-4H,6H2,1-2H3,(H,18,20). The first kappa shape index (κ1) is 16.5. The molecule has 0 bridgehead atoms. The van der Waals surface area contributed by atoms with Crippen molar-refractivity contribution in [1.82, 2.24) is 0 Å². The van der Waals surface area contributed by atoms with Gasteiger partial charge in [0.2, 0.25) is 0 Å². The van der Waals surface area contributed by atoms with Gasteiger partial charge in [-0.05, 0) is 24.6 Å². The average molecular weight is 300 g/mol. The normalized spacial score (nSPS) is 10.7. The van der Waals surface area contributed by atoms with Crippen LogP contribution >= 0.6 is 0 Å². The Morgan fingerprint density at radius 2 is 2.00 bits per heavy atom. The largest absolute Gasteiger partial charge is 0.456 e. The van der Waals surface area contributed by atoms with E-state index in [9.17, 15) is 22.8 Å². The van der Waals surface area contributed by atoms with Gasteiger partial charge in [0.15, 0.2) is 6.61 Å². The predicted molar refractivity (Wildman–Crippen MR) is 66.2 cm³/mol. The molecule has 1 rings (SSSR count). The van der Waals surface area contributed by atoms with Crippen LogP contribution in [-0.4, -0.2) is 18.5 Å². The third-order valence-corrected chi connectivity index (χ3v) is 2.55. The lowest BCUT2D eigenvalue weighted by Gasteiger charge is -2.16. The number of benzene rings is 1. The van der Waals surface area contributed by atoms with Crippen LogP contribution in [0, 0.1) is 18.3 Å². The fraction of sp³-hybridized carbons (Fsp3) is 0.308. The Morgan fingerprint density at radius 3 is 2.48 bits per heavy atom. The highest BCUT2D eigenvalue weighted by atomic mass is 19.4. The molecule has 1 amide bonds. The van der Waals surface area contributed by atoms with Crippen molar-refractivity contribution in [1.29, 1.82) is 5.26 Å². The van der Waals surface area contributed by atoms with E-state index in [-0.39, 0.29) is 11.3 Å². The zero-order valence-corrected chi connectivity index (χ0v) is 11.2. The van der Waals surface area contributed by atoms with Crippen molar-refractivity contribution in [3.05, 3.63) is 28.8 Å². The van der Waals surface area contributed by atoms with E-state index < -0.39 is 35.8 Å². The summed E-state index contributed by atoms with van der Waals surface area (Å²) in [4.78, 5) is 22.0. The minimum atomic E-state index is -4.72. The van der Waals surface area contributed by atoms with Gasteiger partial charge in [-0.25, -0.2) is 0 Å². The highest BCUT2D eigenvalue weighted by Crippen LogP contribution is 2.37. The van der Waals surface area contributed by atoms with Crippen molar-refractivity contribution < 1.29 is 27.5 Å². The number of carbonyl (C=O) groups excluding carboxylic acids is 2. The number of nitrogens with zero attached hydrogens (tertiary/aromatic N) is 1. The molecule has 0 saturated heterocycles. The number of nitrogens with one attached hydrogen (secondary N) is 1. The second-order valence-electron chi connectivity index (χ2n) is 4.10. The van der Waals surface area contributed by atoms with E-state index in [1.807, 2.05) is 0 Å². The molecule has 5 nitrogen and oxygen atoms in total. The Labute approximate surface area is 118 Å². The zero-order chi connectivity index (χ0) is 16.2. The van der Waals surface area contributed by atoms with Crippen molar-refractivity contribution in [2.45, 2.75) is 20.0 Å². The molecule has 0 aliphatic rings. The quantitative estimate of drug-likeness (QED) is 0.869. The van der Waals surface area contributed by atoms with Gasteiger partial charge in [0.1, 0.15) is 0 Å². The molecule has 0 spiro atoms. The Hall–Kier alpha value is -2.56. The number of esters is 1. The molecule has 1 aromatic rings. The second-order valence-corrected chi connectivity index (χ2v) is 4.10. The van der Waals surface area contributed by atoms with Crippen LogP contribution in [0.2, 0.25) is 0 Å². The Morgan fingerprint density at radius 1 is 1.38 bits per heavy atom. The lowest BCUT2D eigenvalue weighted by atomic mass is 10.00. The van der Waals surface area contributed by atoms with E-state index in [0.717, 1.165) is 19.9 Å². The highest BCUT2D eigenvalue weighted by Gasteiger charge is 2.36. The van der Waals surface area contributed by atoms with Gasteiger partial charge in [0.05, 0.1) is 17.2 Å². The molecule has 0 aliphatic heterocycles. The molecule has 1 N–H and O–H groups in total. The maximum atomic E-state index is 12.9. The molecule has 0 heterocycles. The first-order valence-electron chi connectivity index (χ1n) is 5.71. The number of anilines is 1. The summed E-state index contributed by atoms with van der Waals surface area (Å²) in [5.41, 5.74) is -2.01. The molecule has 0 radical (unpaired) electrons. The third-order valence-electron chi connectivity index (χ3n) is 2.55. The molecular formula is C13H11F3N2O3. The van der Waals surface area contributed by atoms with Crippen LogP contribution in [0.3, 0.4) is 0 Å². The van der Waals surface area contributed by atoms with Gasteiger partial charge in [-0.2, -0.15) is 18.4 Å². The fourth-order valence-corrected chi connectivity index (χ4v) is 1.66. The molecule has 0 aliphatic carbocycles. The highest BCUT2D eigenvalue weighted by molar-refractivity contribution is 5.93. The number of rotatable bonds is 3. The summed E-state index contributed by atoms with van der Waals surface area (Å²) in [7, 11) is 0. The van der Waals surface area contributed by atoms with Crippen molar-refractivity contribution in [2.24, 2.45) is 0 Å². The molecule has 0 fully saturated rings. The number of carbonyl (C=O) groups is 2. The fourth-order valence-electron chi connectivity index (χ4n) is 1.66. The van der Waals surface area contributed by atoms with Gasteiger partial charge < -0.3 is 10.1 Å². The summed E-state index contributed by atoms with van der Waals surface area (Å²) in [5, 5.41) is 10.9. The van der Waals surface area contributed by atoms with E-state index in [1.54, 1.807) is 0 Å². The van der Waals surface area contributed by atoms with E-state index >= 15 is 0 Å². The number of nitriles is 1. The van der Waals surface area contributed by atoms with Crippen molar-refractivity contribution >= 4 is 17.6 Å². The van der Waals surface area contributed by atoms with Gasteiger partial charge >= 0.3 is 12.1 Å². The molecule has 21 heavy (non-hydrogen) atoms. The van der Waals surface area contributed by atoms with Crippen LogP contribution in [0.15, 0.2) is 12.1 Å². The SMILES string of the molecule is CC(=O)OCC(=O)Nc1ccc(C#N)c(C(F)(F)F)c1C. The number of amides is 1. The third kappa shape index (κ3) is 4.21. The first-order chi connectivity index (χ1) is 9.66. The smallest absolute Gasteiger partial charge is 0.418 e. The Balaban J connectivity index is 3.09. The van der Waals surface area contributed by atoms with Crippen LogP contribution < -0.4 is 5.32 Å². The molecule has 0 aromatic heterocycles. The van der Waals surface area contributed by atoms with Gasteiger partial charge in [0.25, 0.3) is 5.91 Å². The van der Waals surface area contributed by atoms with Gasteiger partial charge in [-0.15, -0.1) is 0 Å². The summed E-state index contributed by atoms with van der Waals surface area (Å²) < 4.78 is 43.2. The maximum Gasteiger partial charge on any atom is 0.418 e. The topological polar surface area (TPSA) is 79.2 Å². The van der Waals surface area contributed by atoms with Crippen LogP contribution in [0.5, 0.6) is 0 Å². The van der Waals surface area contributed by atoms with Crippen molar-refractivity contribution in [3.8, 4) is 6.07 Å². The molecule has 0 saturated carbocycles. The zero-order valence-electron chi connectivity index (χ0n) is 11.2. The van der Waals surface area contributed by atoms with Crippen molar-refractivity contribution in [2.75, 3.05) is 11.9 Å². The van der Waals surface area contributed by atoms with Crippen molar-refractivity contribution in [3.63, 3.8) is 0 Å². The number of hydrogen-bond donors (Lipinski definition) is 1. The Bertz CT molecular complexity index is 618. The first-order valence-corrected chi connectivity index (χ1v) is 5.71. The van der Waals surface area contributed by atoms with Gasteiger partial charge in [0, 0.05) is 12.6 Å². The maximum absolute atomic E-state index is 12.9. The number of halogens is 3. The second kappa shape index (κ2) is 6.26. The lowest BCUT2D eigenvalue weighted by molar-refractivity contribution is -0.144. The van der Waals surface area contributed by atoms with E-state index in [1.165, 1.54) is 12.1 Å². The summed E-state index contributed by atoms with van der Waals surface area (Å²) >= 11 is 0. The van der Waals surface area contributed by atoms with E-state index in [2.05, 4.69) is 10.1 Å². The summed E-state index contributed by atoms with van der Waals surface area (Å²) in [5.74, 6) is -1.45. The molecule has 0 unspecified atom stereocenters. The predicted octanol–water partition coefficient (Wildman–Crippen LogP) is 2.39. The lowest BCUT2D eigenvalue weighted by Crippen LogP contribution is -2.21. The minimum Gasteiger partial charge on any atom is -0.456 e. The van der Waals surface area contributed by atoms with E-state index in [0.29, 0.717) is 0 Å². The number of hydrogen-bond acceptors (Lipinski definition) is 4. The summed E-state index contributed by atoms with van der Waals surface area (Å²) in [6, 6.07) is 3.62. The molecular weight excluding hydrogens is 289 g/mol. The minimum absolute atomic E-state index is 0.0986. The average Bonchev–Trinajstić information content (AvgIpc) is 2.36. The van der Waals surface area contributed by atoms with Crippen LogP contribution in [0.25, 0.3) is 0 Å². The van der Waals surface area contributed by atoms with Crippen LogP contribution in [0.1, 0.15) is 23.6 Å². The Kier molecular flexibility index (Phi) is 4.92. The van der Waals surface area contributed by atoms with Gasteiger partial charge in [-0.1, -0.05) is 0 Å². The number of alkyl halides is 3. The summed E-state index contributed by atoms with van der Waals surface area (Å²) in [6.07, 6.45) is -4.72. The van der Waals surface area contributed by atoms with Gasteiger partial charge in [-0.3, -0.25) is 9.59 Å². The summed E-state index contributed by atoms with van der Waals surface area (Å²) in [6.45, 7) is 1.64. The molecule has 1 aromatic carbocycles. The van der Waals surface area contributed by atoms with Crippen LogP contribution in [-0.2, 0) is 20.5 Å². The van der Waals surface area contributed by atoms with Crippen LogP contribution in [0.4, 0.5) is 18.9 Å². The number of ether oxygens (including phenoxy) is 1. The molecule has 8 heteroatoms.